The molecule has 6 rings (SSSR count). The Kier molecular flexibility index (Phi) is 3.73. The van der Waals surface area contributed by atoms with Crippen molar-refractivity contribution in [2.24, 2.45) is 34.0 Å². The summed E-state index contributed by atoms with van der Waals surface area (Å²) in [6.07, 6.45) is -3.14. The third-order valence-electron chi connectivity index (χ3n) is 9.36. The van der Waals surface area contributed by atoms with Gasteiger partial charge in [0.1, 0.15) is 6.10 Å². The molecule has 2 aliphatic heterocycles. The Morgan fingerprint density at radius 2 is 1.75 bits per heavy atom. The molecule has 6 fully saturated rings. The second-order valence-electron chi connectivity index (χ2n) is 10.4. The number of fused-ring (bicyclic) bond motifs is 2. The Morgan fingerprint density at radius 1 is 1.07 bits per heavy atom. The van der Waals surface area contributed by atoms with Crippen LogP contribution in [-0.4, -0.2) is 69.1 Å². The van der Waals surface area contributed by atoms with E-state index in [4.69, 9.17) is 9.47 Å². The van der Waals surface area contributed by atoms with Crippen molar-refractivity contribution in [3.05, 3.63) is 12.2 Å². The molecule has 0 aromatic carbocycles. The lowest BCUT2D eigenvalue weighted by Crippen LogP contribution is -2.88. The molecule has 0 amide bonds. The third kappa shape index (κ3) is 1.64. The molecule has 4 aliphatic carbocycles. The molecule has 3 unspecified atom stereocenters. The maximum absolute atomic E-state index is 11.9. The minimum Gasteiger partial charge on any atom is -0.392 e. The second kappa shape index (κ2) is 5.38. The quantitative estimate of drug-likeness (QED) is 0.400. The summed E-state index contributed by atoms with van der Waals surface area (Å²) in [4.78, 5) is 0. The Labute approximate surface area is 165 Å². The summed E-state index contributed by atoms with van der Waals surface area (Å²) in [7, 11) is 1.47. The summed E-state index contributed by atoms with van der Waals surface area (Å²) in [6.45, 7) is 8.05. The highest BCUT2D eigenvalue weighted by atomic mass is 16.8. The van der Waals surface area contributed by atoms with Gasteiger partial charge in [0.05, 0.1) is 29.1 Å². The van der Waals surface area contributed by atoms with E-state index < -0.39 is 64.6 Å². The van der Waals surface area contributed by atoms with Crippen LogP contribution in [0.5, 0.6) is 0 Å². The van der Waals surface area contributed by atoms with Gasteiger partial charge in [-0.1, -0.05) is 20.4 Å². The van der Waals surface area contributed by atoms with Crippen molar-refractivity contribution in [2.45, 2.75) is 76.0 Å². The number of ether oxygens (including phenoxy) is 2. The first kappa shape index (κ1) is 19.4. The van der Waals surface area contributed by atoms with Crippen LogP contribution in [0.15, 0.2) is 12.2 Å². The van der Waals surface area contributed by atoms with E-state index in [1.165, 1.54) is 7.11 Å². The Morgan fingerprint density at radius 3 is 2.39 bits per heavy atom. The average Bonchev–Trinajstić information content (AvgIpc) is 2.75. The van der Waals surface area contributed by atoms with Crippen molar-refractivity contribution < 1.29 is 35.0 Å². The third-order valence-corrected chi connectivity index (χ3v) is 9.36. The lowest BCUT2D eigenvalue weighted by molar-refractivity contribution is -0.524. The lowest BCUT2D eigenvalue weighted by atomic mass is 9.35. The highest BCUT2D eigenvalue weighted by molar-refractivity contribution is 5.38. The van der Waals surface area contributed by atoms with Crippen LogP contribution in [-0.2, 0) is 9.47 Å². The van der Waals surface area contributed by atoms with Crippen LogP contribution in [0.3, 0.4) is 0 Å². The fourth-order valence-electron chi connectivity index (χ4n) is 8.44. The van der Waals surface area contributed by atoms with Crippen LogP contribution in [0.1, 0.15) is 39.5 Å². The van der Waals surface area contributed by atoms with Gasteiger partial charge >= 0.3 is 0 Å². The van der Waals surface area contributed by atoms with E-state index in [0.717, 1.165) is 0 Å². The number of methoxy groups -OCH3 is 1. The predicted molar refractivity (Wildman–Crippen MR) is 97.6 cm³/mol. The maximum atomic E-state index is 11.9. The molecule has 7 nitrogen and oxygen atoms in total. The van der Waals surface area contributed by atoms with Crippen molar-refractivity contribution in [1.29, 1.82) is 0 Å². The summed E-state index contributed by atoms with van der Waals surface area (Å²) in [5.74, 6) is -3.55. The fourth-order valence-corrected chi connectivity index (χ4v) is 8.44. The minimum absolute atomic E-state index is 0.366. The van der Waals surface area contributed by atoms with Crippen molar-refractivity contribution in [3.63, 3.8) is 0 Å². The normalized spacial score (nSPS) is 61.8. The van der Waals surface area contributed by atoms with E-state index in [-0.39, 0.29) is 5.92 Å². The predicted octanol–water partition coefficient (Wildman–Crippen LogP) is 0.140. The molecule has 4 bridgehead atoms. The molecule has 158 valence electrons. The molecule has 0 radical (unpaired) electrons. The number of hydrogen-bond donors (Lipinski definition) is 5. The molecular formula is C21H32O7. The summed E-state index contributed by atoms with van der Waals surface area (Å²) >= 11 is 0. The van der Waals surface area contributed by atoms with Crippen LogP contribution < -0.4 is 0 Å². The first-order chi connectivity index (χ1) is 13.0. The van der Waals surface area contributed by atoms with Gasteiger partial charge in [0, 0.05) is 18.9 Å². The zero-order valence-corrected chi connectivity index (χ0v) is 16.7. The van der Waals surface area contributed by atoms with Crippen molar-refractivity contribution in [3.8, 4) is 0 Å². The van der Waals surface area contributed by atoms with E-state index >= 15 is 0 Å². The number of rotatable bonds is 1. The van der Waals surface area contributed by atoms with Crippen molar-refractivity contribution in [1.82, 2.24) is 0 Å². The Bertz CT molecular complexity index is 724. The molecule has 28 heavy (non-hydrogen) atoms. The van der Waals surface area contributed by atoms with Gasteiger partial charge in [-0.15, -0.1) is 0 Å². The number of aliphatic hydroxyl groups excluding tert-OH is 4. The monoisotopic (exact) mass is 396 g/mol. The second-order valence-corrected chi connectivity index (χ2v) is 10.4. The number of hydrogen-bond acceptors (Lipinski definition) is 7. The molecule has 2 heterocycles. The van der Waals surface area contributed by atoms with Gasteiger partial charge in [-0.05, 0) is 42.6 Å². The van der Waals surface area contributed by atoms with Gasteiger partial charge in [0.15, 0.2) is 6.29 Å². The largest absolute Gasteiger partial charge is 0.392 e. The molecule has 2 saturated heterocycles. The maximum Gasteiger partial charge on any atom is 0.206 e. The van der Waals surface area contributed by atoms with Gasteiger partial charge in [0.25, 0.3) is 0 Å². The fraction of sp³-hybridized carbons (Fsp3) is 0.905. The summed E-state index contributed by atoms with van der Waals surface area (Å²) in [5.41, 5.74) is -2.50. The summed E-state index contributed by atoms with van der Waals surface area (Å²) in [5, 5.41) is 57.3. The lowest BCUT2D eigenvalue weighted by Gasteiger charge is -2.77. The van der Waals surface area contributed by atoms with Crippen LogP contribution in [0.25, 0.3) is 0 Å². The van der Waals surface area contributed by atoms with Gasteiger partial charge in [0.2, 0.25) is 5.79 Å². The first-order valence-electron chi connectivity index (χ1n) is 10.4. The van der Waals surface area contributed by atoms with Crippen LogP contribution >= 0.6 is 0 Å². The molecule has 7 heteroatoms. The highest BCUT2D eigenvalue weighted by Crippen LogP contribution is 2.78. The van der Waals surface area contributed by atoms with Gasteiger partial charge < -0.3 is 35.0 Å². The average molecular weight is 396 g/mol. The van der Waals surface area contributed by atoms with Crippen molar-refractivity contribution in [2.75, 3.05) is 7.11 Å². The smallest absolute Gasteiger partial charge is 0.206 e. The molecule has 4 saturated carbocycles. The van der Waals surface area contributed by atoms with Gasteiger partial charge in [-0.25, -0.2) is 0 Å². The van der Waals surface area contributed by atoms with Gasteiger partial charge in [-0.2, -0.15) is 0 Å². The molecular weight excluding hydrogens is 364 g/mol. The summed E-state index contributed by atoms with van der Waals surface area (Å²) in [6, 6.07) is 0. The molecule has 5 N–H and O–H groups in total. The Balaban J connectivity index is 1.83. The van der Waals surface area contributed by atoms with Crippen LogP contribution in [0.2, 0.25) is 0 Å². The SMILES string of the molecule is C=C1C(O)C23[C@H](O)[C@H]1CC[C@H]2C12[C@@H](OC)O[C@]3(O)[C@H](O)[C@@H]1C(C)(C)CC[C@@H]2O. The zero-order valence-electron chi connectivity index (χ0n) is 16.7. The van der Waals surface area contributed by atoms with E-state index in [0.29, 0.717) is 31.3 Å². The van der Waals surface area contributed by atoms with Crippen LogP contribution in [0.4, 0.5) is 0 Å². The van der Waals surface area contributed by atoms with Crippen LogP contribution in [0, 0.1) is 34.0 Å². The Hall–Kier alpha value is -0.540. The molecule has 6 aliphatic rings. The molecule has 0 aromatic heterocycles. The van der Waals surface area contributed by atoms with E-state index in [2.05, 4.69) is 6.58 Å². The highest BCUT2D eigenvalue weighted by Gasteiger charge is 2.88. The molecule has 11 atom stereocenters. The van der Waals surface area contributed by atoms with E-state index in [1.54, 1.807) is 0 Å². The minimum atomic E-state index is -2.20. The van der Waals surface area contributed by atoms with Crippen molar-refractivity contribution >= 4 is 0 Å². The first-order valence-corrected chi connectivity index (χ1v) is 10.4. The summed E-state index contributed by atoms with van der Waals surface area (Å²) < 4.78 is 11.7. The molecule has 0 aromatic rings. The standard InChI is InChI=1S/C21H32O7/c1-9-10-5-6-11-19-12(22)7-8-18(2,3)13(19)16(25)21(26,28-17(19)27-4)20(11,14(9)23)15(10)24/h10-17,22-26H,1,5-8H2,2-4H3/t10-,11-,12-,13+,14?,15+,16+,17-,19?,20?,21+/m0/s1. The molecule has 2 spiro atoms. The van der Waals surface area contributed by atoms with E-state index in [9.17, 15) is 25.5 Å². The van der Waals surface area contributed by atoms with E-state index in [1.807, 2.05) is 13.8 Å². The topological polar surface area (TPSA) is 120 Å². The van der Waals surface area contributed by atoms with Gasteiger partial charge in [-0.3, -0.25) is 0 Å². The zero-order chi connectivity index (χ0) is 20.4. The number of aliphatic hydroxyl groups is 5.